The number of carbonyl (C=O) groups is 1. The van der Waals surface area contributed by atoms with Crippen LogP contribution < -0.4 is 5.32 Å². The summed E-state index contributed by atoms with van der Waals surface area (Å²) >= 11 is 0. The van der Waals surface area contributed by atoms with E-state index in [2.05, 4.69) is 5.32 Å². The minimum absolute atomic E-state index is 0.00621. The number of sulfonamides is 1. The number of carbonyl (C=O) groups excluding carboxylic acids is 1. The molecule has 1 aliphatic rings. The minimum atomic E-state index is -4.77. The summed E-state index contributed by atoms with van der Waals surface area (Å²) in [6.45, 7) is 0.430. The Morgan fingerprint density at radius 1 is 1.06 bits per heavy atom. The number of alkyl halides is 3. The van der Waals surface area contributed by atoms with Crippen molar-refractivity contribution in [2.45, 2.75) is 36.4 Å². The molecule has 186 valence electrons. The third-order valence-electron chi connectivity index (χ3n) is 6.19. The Hall–Kier alpha value is -2.43. The van der Waals surface area contributed by atoms with Crippen LogP contribution in [0.15, 0.2) is 59.5 Å². The second kappa shape index (κ2) is 10.9. The number of nitrogens with one attached hydrogen (secondary N) is 1. The van der Waals surface area contributed by atoms with E-state index in [0.717, 1.165) is 34.5 Å². The van der Waals surface area contributed by atoms with Gasteiger partial charge in [0.25, 0.3) is 0 Å². The SMILES string of the molecule is CN(C)[C@H](CNC(=O)C1CCN(S(=O)(=O)c2ccccc2C(F)(F)F)CC1)Cc1ccccc1. The monoisotopic (exact) mass is 497 g/mol. The van der Waals surface area contributed by atoms with Gasteiger partial charge in [0, 0.05) is 31.6 Å². The molecule has 2 aromatic rings. The molecule has 34 heavy (non-hydrogen) atoms. The maximum Gasteiger partial charge on any atom is 0.417 e. The van der Waals surface area contributed by atoms with Crippen molar-refractivity contribution in [3.63, 3.8) is 0 Å². The van der Waals surface area contributed by atoms with E-state index in [4.69, 9.17) is 0 Å². The molecule has 0 spiro atoms. The molecule has 0 unspecified atom stereocenters. The van der Waals surface area contributed by atoms with Gasteiger partial charge in [-0.05, 0) is 51.1 Å². The highest BCUT2D eigenvalue weighted by atomic mass is 32.2. The summed E-state index contributed by atoms with van der Waals surface area (Å²) in [5, 5.41) is 2.97. The molecule has 0 saturated carbocycles. The summed E-state index contributed by atoms with van der Waals surface area (Å²) in [4.78, 5) is 14.0. The molecule has 0 radical (unpaired) electrons. The van der Waals surface area contributed by atoms with Crippen molar-refractivity contribution in [2.24, 2.45) is 5.92 Å². The van der Waals surface area contributed by atoms with Crippen LogP contribution in [0.1, 0.15) is 24.0 Å². The van der Waals surface area contributed by atoms with Crippen molar-refractivity contribution in [1.82, 2.24) is 14.5 Å². The Morgan fingerprint density at radius 3 is 2.24 bits per heavy atom. The molecule has 1 heterocycles. The lowest BCUT2D eigenvalue weighted by Crippen LogP contribution is -2.46. The number of hydrogen-bond donors (Lipinski definition) is 1. The van der Waals surface area contributed by atoms with Crippen LogP contribution in [0.2, 0.25) is 0 Å². The van der Waals surface area contributed by atoms with E-state index >= 15 is 0 Å². The fourth-order valence-corrected chi connectivity index (χ4v) is 5.79. The average molecular weight is 498 g/mol. The van der Waals surface area contributed by atoms with Crippen LogP contribution in [-0.2, 0) is 27.4 Å². The summed E-state index contributed by atoms with van der Waals surface area (Å²) in [6, 6.07) is 14.2. The Bertz CT molecular complexity index is 1070. The first-order valence-corrected chi connectivity index (χ1v) is 12.6. The van der Waals surface area contributed by atoms with Crippen LogP contribution in [-0.4, -0.2) is 63.3 Å². The normalized spacial score (nSPS) is 17.0. The highest BCUT2D eigenvalue weighted by molar-refractivity contribution is 7.89. The van der Waals surface area contributed by atoms with Crippen molar-refractivity contribution in [3.8, 4) is 0 Å². The standard InChI is InChI=1S/C24H30F3N3O3S/c1-29(2)20(16-18-8-4-3-5-9-18)17-28-23(31)19-12-14-30(15-13-19)34(32,33)22-11-7-6-10-21(22)24(25,26)27/h3-11,19-20H,12-17H2,1-2H3,(H,28,31)/t20-/m0/s1. The highest BCUT2D eigenvalue weighted by Crippen LogP contribution is 2.36. The number of likely N-dealkylation sites (N-methyl/N-ethyl adjacent to an activating group) is 1. The van der Waals surface area contributed by atoms with Crippen molar-refractivity contribution >= 4 is 15.9 Å². The van der Waals surface area contributed by atoms with Gasteiger partial charge in [-0.1, -0.05) is 42.5 Å². The lowest BCUT2D eigenvalue weighted by molar-refractivity contribution is -0.139. The van der Waals surface area contributed by atoms with E-state index in [-0.39, 0.29) is 43.8 Å². The number of nitrogens with zero attached hydrogens (tertiary/aromatic N) is 2. The van der Waals surface area contributed by atoms with E-state index < -0.39 is 26.7 Å². The first-order valence-electron chi connectivity index (χ1n) is 11.1. The van der Waals surface area contributed by atoms with Gasteiger partial charge in [0.05, 0.1) is 10.5 Å². The zero-order valence-electron chi connectivity index (χ0n) is 19.3. The van der Waals surface area contributed by atoms with Gasteiger partial charge in [-0.2, -0.15) is 17.5 Å². The first-order chi connectivity index (χ1) is 16.0. The van der Waals surface area contributed by atoms with E-state index in [1.165, 1.54) is 6.07 Å². The third kappa shape index (κ3) is 6.37. The zero-order chi connectivity index (χ0) is 24.9. The predicted molar refractivity (Wildman–Crippen MR) is 124 cm³/mol. The van der Waals surface area contributed by atoms with Gasteiger partial charge in [-0.15, -0.1) is 0 Å². The summed E-state index contributed by atoms with van der Waals surface area (Å²) in [6.07, 6.45) is -3.50. The van der Waals surface area contributed by atoms with Crippen molar-refractivity contribution < 1.29 is 26.4 Å². The molecule has 0 aliphatic carbocycles. The molecule has 0 aromatic heterocycles. The molecule has 10 heteroatoms. The summed E-state index contributed by atoms with van der Waals surface area (Å²) < 4.78 is 66.8. The maximum atomic E-state index is 13.3. The third-order valence-corrected chi connectivity index (χ3v) is 8.15. The number of halogens is 3. The Labute approximate surface area is 198 Å². The lowest BCUT2D eigenvalue weighted by atomic mass is 9.97. The van der Waals surface area contributed by atoms with Crippen molar-refractivity contribution in [1.29, 1.82) is 0 Å². The highest BCUT2D eigenvalue weighted by Gasteiger charge is 2.40. The Balaban J connectivity index is 1.58. The van der Waals surface area contributed by atoms with E-state index in [1.807, 2.05) is 49.3 Å². The molecular weight excluding hydrogens is 467 g/mol. The van der Waals surface area contributed by atoms with Gasteiger partial charge in [-0.25, -0.2) is 8.42 Å². The molecule has 6 nitrogen and oxygen atoms in total. The molecule has 1 saturated heterocycles. The van der Waals surface area contributed by atoms with E-state index in [1.54, 1.807) is 0 Å². The Morgan fingerprint density at radius 2 is 1.65 bits per heavy atom. The summed E-state index contributed by atoms with van der Waals surface area (Å²) in [7, 11) is -0.429. The van der Waals surface area contributed by atoms with Crippen LogP contribution in [0.25, 0.3) is 0 Å². The Kier molecular flexibility index (Phi) is 8.38. The maximum absolute atomic E-state index is 13.3. The number of hydrogen-bond acceptors (Lipinski definition) is 4. The molecule has 1 N–H and O–H groups in total. The van der Waals surface area contributed by atoms with Crippen molar-refractivity contribution in [3.05, 3.63) is 65.7 Å². The first kappa shape index (κ1) is 26.2. The van der Waals surface area contributed by atoms with Crippen molar-refractivity contribution in [2.75, 3.05) is 33.7 Å². The summed E-state index contributed by atoms with van der Waals surface area (Å²) in [5.74, 6) is -0.545. The van der Waals surface area contributed by atoms with Crippen LogP contribution in [0.3, 0.4) is 0 Å². The van der Waals surface area contributed by atoms with Crippen LogP contribution >= 0.6 is 0 Å². The number of rotatable bonds is 8. The van der Waals surface area contributed by atoms with Gasteiger partial charge in [0.1, 0.15) is 0 Å². The topological polar surface area (TPSA) is 69.7 Å². The van der Waals surface area contributed by atoms with Gasteiger partial charge in [-0.3, -0.25) is 4.79 Å². The minimum Gasteiger partial charge on any atom is -0.354 e. The van der Waals surface area contributed by atoms with Gasteiger partial charge in [0.15, 0.2) is 0 Å². The average Bonchev–Trinajstić information content (AvgIpc) is 2.81. The molecule has 2 aromatic carbocycles. The predicted octanol–water partition coefficient (Wildman–Crippen LogP) is 3.40. The van der Waals surface area contributed by atoms with E-state index in [0.29, 0.717) is 6.54 Å². The molecule has 1 amide bonds. The second-order valence-electron chi connectivity index (χ2n) is 8.72. The smallest absolute Gasteiger partial charge is 0.354 e. The second-order valence-corrected chi connectivity index (χ2v) is 10.6. The van der Waals surface area contributed by atoms with E-state index in [9.17, 15) is 26.4 Å². The van der Waals surface area contributed by atoms with Crippen LogP contribution in [0, 0.1) is 5.92 Å². The molecule has 0 bridgehead atoms. The number of amides is 1. The molecule has 1 atom stereocenters. The fourth-order valence-electron chi connectivity index (χ4n) is 4.11. The van der Waals surface area contributed by atoms with Crippen LogP contribution in [0.4, 0.5) is 13.2 Å². The molecule has 1 fully saturated rings. The van der Waals surface area contributed by atoms with Crippen LogP contribution in [0.5, 0.6) is 0 Å². The lowest BCUT2D eigenvalue weighted by Gasteiger charge is -2.32. The molecular formula is C24H30F3N3O3S. The molecule has 3 rings (SSSR count). The van der Waals surface area contributed by atoms with Gasteiger partial charge in [0.2, 0.25) is 15.9 Å². The summed E-state index contributed by atoms with van der Waals surface area (Å²) in [5.41, 5.74) is -0.0175. The fraction of sp³-hybridized carbons (Fsp3) is 0.458. The van der Waals surface area contributed by atoms with Gasteiger partial charge < -0.3 is 10.2 Å². The zero-order valence-corrected chi connectivity index (χ0v) is 20.1. The largest absolute Gasteiger partial charge is 0.417 e. The van der Waals surface area contributed by atoms with Gasteiger partial charge >= 0.3 is 6.18 Å². The number of benzene rings is 2. The quantitative estimate of drug-likeness (QED) is 0.607. The molecule has 1 aliphatic heterocycles. The number of piperidine rings is 1.